The highest BCUT2D eigenvalue weighted by Gasteiger charge is 2.32. The van der Waals surface area contributed by atoms with Gasteiger partial charge < -0.3 is 9.57 Å². The molecule has 2 amide bonds. The van der Waals surface area contributed by atoms with Gasteiger partial charge in [0.1, 0.15) is 0 Å². The van der Waals surface area contributed by atoms with Crippen LogP contribution in [0.5, 0.6) is 0 Å². The van der Waals surface area contributed by atoms with Gasteiger partial charge in [-0.15, -0.1) is 5.06 Å². The Morgan fingerprint density at radius 2 is 1.28 bits per heavy atom. The van der Waals surface area contributed by atoms with Gasteiger partial charge in [0.05, 0.1) is 6.10 Å². The Balaban J connectivity index is 1.93. The van der Waals surface area contributed by atoms with Crippen LogP contribution in [0, 0.1) is 0 Å². The zero-order chi connectivity index (χ0) is 18.7. The van der Waals surface area contributed by atoms with Crippen molar-refractivity contribution in [1.29, 1.82) is 0 Å². The number of imide groups is 1. The van der Waals surface area contributed by atoms with E-state index in [0.29, 0.717) is 17.9 Å². The molecular formula is C18H29NO6. The number of unbranched alkanes of at least 4 members (excludes halogenated alkanes) is 6. The van der Waals surface area contributed by atoms with Crippen molar-refractivity contribution in [3.63, 3.8) is 0 Å². The molecular weight excluding hydrogens is 326 g/mol. The molecule has 7 heteroatoms. The van der Waals surface area contributed by atoms with E-state index in [2.05, 4.69) is 0 Å². The number of carbonyl (C=O) groups is 4. The van der Waals surface area contributed by atoms with E-state index < -0.39 is 17.8 Å². The Hall–Kier alpha value is -1.92. The minimum atomic E-state index is -0.535. The standard InChI is InChI=1S/C18H29NO6/c1-14(2)24-17(22)10-8-6-4-3-5-7-9-11-18(23)25-19-15(20)12-13-16(19)21/h14H,3-13H2,1-2H3. The predicted octanol–water partition coefficient (Wildman–Crippen LogP) is 3.06. The van der Waals surface area contributed by atoms with Gasteiger partial charge in [0.15, 0.2) is 0 Å². The fraction of sp³-hybridized carbons (Fsp3) is 0.778. The Bertz CT molecular complexity index is 458. The molecule has 142 valence electrons. The second-order valence-electron chi connectivity index (χ2n) is 6.56. The zero-order valence-electron chi connectivity index (χ0n) is 15.3. The van der Waals surface area contributed by atoms with Crippen molar-refractivity contribution in [2.45, 2.75) is 90.6 Å². The number of ether oxygens (including phenoxy) is 1. The summed E-state index contributed by atoms with van der Waals surface area (Å²) in [5.41, 5.74) is 0. The van der Waals surface area contributed by atoms with E-state index in [1.54, 1.807) is 0 Å². The van der Waals surface area contributed by atoms with Crippen LogP contribution < -0.4 is 0 Å². The lowest BCUT2D eigenvalue weighted by Crippen LogP contribution is -2.31. The van der Waals surface area contributed by atoms with Crippen molar-refractivity contribution >= 4 is 23.8 Å². The summed E-state index contributed by atoms with van der Waals surface area (Å²) in [4.78, 5) is 50.4. The highest BCUT2D eigenvalue weighted by molar-refractivity contribution is 6.01. The summed E-state index contributed by atoms with van der Waals surface area (Å²) in [6.07, 6.45) is 7.37. The van der Waals surface area contributed by atoms with Crippen LogP contribution in [0.15, 0.2) is 0 Å². The molecule has 0 bridgehead atoms. The average molecular weight is 355 g/mol. The number of esters is 1. The lowest BCUT2D eigenvalue weighted by atomic mass is 10.1. The van der Waals surface area contributed by atoms with Crippen molar-refractivity contribution in [2.24, 2.45) is 0 Å². The van der Waals surface area contributed by atoms with Gasteiger partial charge >= 0.3 is 11.9 Å². The molecule has 7 nitrogen and oxygen atoms in total. The van der Waals surface area contributed by atoms with Gasteiger partial charge in [-0.25, -0.2) is 4.79 Å². The van der Waals surface area contributed by atoms with Gasteiger partial charge in [-0.2, -0.15) is 0 Å². The van der Waals surface area contributed by atoms with E-state index in [-0.39, 0.29) is 31.3 Å². The largest absolute Gasteiger partial charge is 0.463 e. The quantitative estimate of drug-likeness (QED) is 0.304. The smallest absolute Gasteiger partial charge is 0.333 e. The average Bonchev–Trinajstić information content (AvgIpc) is 2.84. The number of nitrogens with zero attached hydrogens (tertiary/aromatic N) is 1. The molecule has 0 unspecified atom stereocenters. The van der Waals surface area contributed by atoms with Crippen molar-refractivity contribution < 1.29 is 28.8 Å². The van der Waals surface area contributed by atoms with Crippen LogP contribution in [0.2, 0.25) is 0 Å². The van der Waals surface area contributed by atoms with E-state index in [1.165, 1.54) is 0 Å². The van der Waals surface area contributed by atoms with Crippen LogP contribution in [-0.4, -0.2) is 34.9 Å². The maximum Gasteiger partial charge on any atom is 0.333 e. The Kier molecular flexibility index (Phi) is 9.80. The molecule has 1 saturated heterocycles. The third-order valence-electron chi connectivity index (χ3n) is 3.83. The maximum atomic E-state index is 11.6. The molecule has 1 aliphatic heterocycles. The molecule has 0 aromatic rings. The number of hydroxylamine groups is 2. The van der Waals surface area contributed by atoms with Crippen molar-refractivity contribution in [3.8, 4) is 0 Å². The van der Waals surface area contributed by atoms with Crippen LogP contribution in [0.25, 0.3) is 0 Å². The fourth-order valence-corrected chi connectivity index (χ4v) is 2.55. The second kappa shape index (κ2) is 11.6. The molecule has 0 aromatic carbocycles. The van der Waals surface area contributed by atoms with Gasteiger partial charge in [0.25, 0.3) is 11.8 Å². The number of amides is 2. The van der Waals surface area contributed by atoms with Crippen LogP contribution in [0.3, 0.4) is 0 Å². The molecule has 0 saturated carbocycles. The van der Waals surface area contributed by atoms with E-state index >= 15 is 0 Å². The Morgan fingerprint density at radius 1 is 0.840 bits per heavy atom. The van der Waals surface area contributed by atoms with Crippen LogP contribution >= 0.6 is 0 Å². The third-order valence-corrected chi connectivity index (χ3v) is 3.83. The molecule has 0 spiro atoms. The van der Waals surface area contributed by atoms with Crippen molar-refractivity contribution in [1.82, 2.24) is 5.06 Å². The highest BCUT2D eigenvalue weighted by Crippen LogP contribution is 2.14. The Morgan fingerprint density at radius 3 is 1.76 bits per heavy atom. The minimum absolute atomic E-state index is 0.0547. The summed E-state index contributed by atoms with van der Waals surface area (Å²) in [6, 6.07) is 0. The second-order valence-corrected chi connectivity index (χ2v) is 6.56. The van der Waals surface area contributed by atoms with Crippen molar-refractivity contribution in [3.05, 3.63) is 0 Å². The molecule has 1 aliphatic rings. The summed E-state index contributed by atoms with van der Waals surface area (Å²) in [5.74, 6) is -1.57. The summed E-state index contributed by atoms with van der Waals surface area (Å²) >= 11 is 0. The molecule has 1 rings (SSSR count). The first kappa shape index (κ1) is 21.1. The molecule has 0 radical (unpaired) electrons. The van der Waals surface area contributed by atoms with Gasteiger partial charge in [-0.1, -0.05) is 32.1 Å². The zero-order valence-corrected chi connectivity index (χ0v) is 15.3. The summed E-state index contributed by atoms with van der Waals surface area (Å²) in [7, 11) is 0. The topological polar surface area (TPSA) is 90.0 Å². The van der Waals surface area contributed by atoms with E-state index in [9.17, 15) is 19.2 Å². The lowest BCUT2D eigenvalue weighted by Gasteiger charge is -2.12. The van der Waals surface area contributed by atoms with Crippen LogP contribution in [-0.2, 0) is 28.8 Å². The molecule has 0 aromatic heterocycles. The first-order valence-electron chi connectivity index (χ1n) is 9.16. The predicted molar refractivity (Wildman–Crippen MR) is 90.0 cm³/mol. The number of carbonyl (C=O) groups excluding carboxylic acids is 4. The summed E-state index contributed by atoms with van der Waals surface area (Å²) in [5, 5.41) is 0.590. The van der Waals surface area contributed by atoms with Gasteiger partial charge in [-0.3, -0.25) is 14.4 Å². The van der Waals surface area contributed by atoms with Crippen LogP contribution in [0.4, 0.5) is 0 Å². The first-order chi connectivity index (χ1) is 11.9. The summed E-state index contributed by atoms with van der Waals surface area (Å²) < 4.78 is 5.06. The van der Waals surface area contributed by atoms with Gasteiger partial charge in [0.2, 0.25) is 0 Å². The number of hydrogen-bond donors (Lipinski definition) is 0. The number of hydrogen-bond acceptors (Lipinski definition) is 6. The van der Waals surface area contributed by atoms with Gasteiger partial charge in [0, 0.05) is 25.7 Å². The first-order valence-corrected chi connectivity index (χ1v) is 9.16. The molecule has 1 fully saturated rings. The number of rotatable bonds is 12. The lowest BCUT2D eigenvalue weighted by molar-refractivity contribution is -0.197. The molecule has 25 heavy (non-hydrogen) atoms. The highest BCUT2D eigenvalue weighted by atomic mass is 16.7. The van der Waals surface area contributed by atoms with E-state index in [0.717, 1.165) is 38.5 Å². The summed E-state index contributed by atoms with van der Waals surface area (Å²) in [6.45, 7) is 3.68. The third kappa shape index (κ3) is 9.22. The fourth-order valence-electron chi connectivity index (χ4n) is 2.55. The monoisotopic (exact) mass is 355 g/mol. The molecule has 0 N–H and O–H groups in total. The molecule has 0 atom stereocenters. The van der Waals surface area contributed by atoms with E-state index in [4.69, 9.17) is 9.57 Å². The maximum absolute atomic E-state index is 11.6. The molecule has 1 heterocycles. The minimum Gasteiger partial charge on any atom is -0.463 e. The SMILES string of the molecule is CC(C)OC(=O)CCCCCCCCCC(=O)ON1C(=O)CCC1=O. The van der Waals surface area contributed by atoms with E-state index in [1.807, 2.05) is 13.8 Å². The van der Waals surface area contributed by atoms with Crippen LogP contribution in [0.1, 0.15) is 84.5 Å². The van der Waals surface area contributed by atoms with Crippen molar-refractivity contribution in [2.75, 3.05) is 0 Å². The molecule has 0 aliphatic carbocycles. The van der Waals surface area contributed by atoms with Gasteiger partial charge in [-0.05, 0) is 26.7 Å². The normalized spacial score (nSPS) is 14.3. The Labute approximate surface area is 149 Å².